The predicted octanol–water partition coefficient (Wildman–Crippen LogP) is 1.58. The van der Waals surface area contributed by atoms with Crippen LogP contribution in [0.5, 0.6) is 0 Å². The molecule has 14 heavy (non-hydrogen) atoms. The molecule has 0 radical (unpaired) electrons. The number of hydrogen-bond donors (Lipinski definition) is 1. The lowest BCUT2D eigenvalue weighted by atomic mass is 10.2. The minimum Gasteiger partial charge on any atom is -0.334 e. The number of imidazole rings is 1. The average molecular weight is 197 g/mol. The van der Waals surface area contributed by atoms with Gasteiger partial charge in [-0.25, -0.2) is 4.98 Å². The molecule has 0 saturated carbocycles. The number of aryl methyl sites for hydroxylation is 1. The first-order valence-corrected chi connectivity index (χ1v) is 5.08. The van der Waals surface area contributed by atoms with Crippen molar-refractivity contribution in [1.29, 1.82) is 0 Å². The number of nitrogens with zero attached hydrogens (tertiary/aromatic N) is 2. The van der Waals surface area contributed by atoms with Crippen LogP contribution in [0.15, 0.2) is 12.4 Å². The van der Waals surface area contributed by atoms with E-state index in [1.165, 1.54) is 0 Å². The Morgan fingerprint density at radius 3 is 3.00 bits per heavy atom. The summed E-state index contributed by atoms with van der Waals surface area (Å²) in [6.45, 7) is 8.67. The third kappa shape index (κ3) is 3.47. The van der Waals surface area contributed by atoms with E-state index >= 15 is 0 Å². The van der Waals surface area contributed by atoms with Crippen molar-refractivity contribution in [3.05, 3.63) is 18.2 Å². The molecule has 0 aliphatic rings. The first-order chi connectivity index (χ1) is 6.74. The van der Waals surface area contributed by atoms with Crippen molar-refractivity contribution in [1.82, 2.24) is 15.0 Å². The highest BCUT2D eigenvalue weighted by atomic mass is 16.6. The Labute approximate surface area is 85.2 Å². The van der Waals surface area contributed by atoms with Crippen LogP contribution >= 0.6 is 0 Å². The number of rotatable bonds is 6. The fourth-order valence-electron chi connectivity index (χ4n) is 1.14. The van der Waals surface area contributed by atoms with E-state index in [1.54, 1.807) is 0 Å². The first-order valence-electron chi connectivity index (χ1n) is 5.08. The van der Waals surface area contributed by atoms with Crippen LogP contribution in [0.1, 0.15) is 26.6 Å². The van der Waals surface area contributed by atoms with Crippen molar-refractivity contribution < 1.29 is 4.84 Å². The van der Waals surface area contributed by atoms with Crippen LogP contribution < -0.4 is 5.48 Å². The van der Waals surface area contributed by atoms with Crippen molar-refractivity contribution >= 4 is 0 Å². The Balaban J connectivity index is 2.24. The molecule has 1 N–H and O–H groups in total. The molecule has 0 spiro atoms. The van der Waals surface area contributed by atoms with Crippen LogP contribution in [0.25, 0.3) is 0 Å². The molecule has 80 valence electrons. The van der Waals surface area contributed by atoms with Crippen LogP contribution in [0.4, 0.5) is 0 Å². The Morgan fingerprint density at radius 2 is 2.36 bits per heavy atom. The zero-order valence-electron chi connectivity index (χ0n) is 9.16. The normalized spacial score (nSPS) is 11.1. The molecule has 0 saturated heterocycles. The van der Waals surface area contributed by atoms with Gasteiger partial charge in [-0.2, -0.15) is 5.48 Å². The van der Waals surface area contributed by atoms with Crippen LogP contribution in [-0.2, 0) is 17.9 Å². The van der Waals surface area contributed by atoms with Crippen molar-refractivity contribution in [3.8, 4) is 0 Å². The van der Waals surface area contributed by atoms with E-state index in [4.69, 9.17) is 4.84 Å². The summed E-state index contributed by atoms with van der Waals surface area (Å²) in [4.78, 5) is 9.49. The van der Waals surface area contributed by atoms with Gasteiger partial charge in [0.25, 0.3) is 0 Å². The number of nitrogens with one attached hydrogen (secondary N) is 1. The molecule has 0 atom stereocenters. The first kappa shape index (κ1) is 11.2. The maximum absolute atomic E-state index is 5.26. The van der Waals surface area contributed by atoms with E-state index in [2.05, 4.69) is 35.8 Å². The molecule has 4 heteroatoms. The van der Waals surface area contributed by atoms with Crippen molar-refractivity contribution in [3.63, 3.8) is 0 Å². The number of hydroxylamine groups is 1. The molecule has 0 fully saturated rings. The fourth-order valence-corrected chi connectivity index (χ4v) is 1.14. The monoisotopic (exact) mass is 197 g/mol. The summed E-state index contributed by atoms with van der Waals surface area (Å²) in [6, 6.07) is 0. The molecular weight excluding hydrogens is 178 g/mol. The third-order valence-corrected chi connectivity index (χ3v) is 1.89. The summed E-state index contributed by atoms with van der Waals surface area (Å²) in [5.41, 5.74) is 2.91. The third-order valence-electron chi connectivity index (χ3n) is 1.89. The highest BCUT2D eigenvalue weighted by molar-refractivity contribution is 4.90. The molecule has 0 aliphatic carbocycles. The van der Waals surface area contributed by atoms with E-state index in [9.17, 15) is 0 Å². The molecule has 0 amide bonds. The second kappa shape index (κ2) is 5.78. The zero-order valence-corrected chi connectivity index (χ0v) is 9.16. The molecule has 1 rings (SSSR count). The van der Waals surface area contributed by atoms with E-state index in [-0.39, 0.29) is 0 Å². The van der Waals surface area contributed by atoms with Crippen LogP contribution in [0.3, 0.4) is 0 Å². The second-order valence-corrected chi connectivity index (χ2v) is 3.66. The maximum atomic E-state index is 5.26. The topological polar surface area (TPSA) is 39.1 Å². The lowest BCUT2D eigenvalue weighted by molar-refractivity contribution is 0.0179. The lowest BCUT2D eigenvalue weighted by Gasteiger charge is -2.08. The fraction of sp³-hybridized carbons (Fsp3) is 0.700. The van der Waals surface area contributed by atoms with Crippen molar-refractivity contribution in [2.45, 2.75) is 33.9 Å². The zero-order chi connectivity index (χ0) is 10.4. The summed E-state index contributed by atoms with van der Waals surface area (Å²) in [5.74, 6) is 1.56. The van der Waals surface area contributed by atoms with Crippen molar-refractivity contribution in [2.75, 3.05) is 6.61 Å². The Morgan fingerprint density at radius 1 is 1.57 bits per heavy atom. The maximum Gasteiger partial charge on any atom is 0.125 e. The standard InChI is InChI=1S/C10H19N3O/c1-4-13-6-5-11-10(13)7-12-14-8-9(2)3/h5-6,9,12H,4,7-8H2,1-3H3. The quantitative estimate of drug-likeness (QED) is 0.556. The van der Waals surface area contributed by atoms with Gasteiger partial charge in [0.15, 0.2) is 0 Å². The van der Waals surface area contributed by atoms with Gasteiger partial charge in [0, 0.05) is 18.9 Å². The minimum atomic E-state index is 0.549. The van der Waals surface area contributed by atoms with E-state index in [1.807, 2.05) is 12.4 Å². The Hall–Kier alpha value is -0.870. The highest BCUT2D eigenvalue weighted by Gasteiger charge is 2.00. The van der Waals surface area contributed by atoms with Gasteiger partial charge in [0.05, 0.1) is 13.2 Å². The molecule has 0 aliphatic heterocycles. The van der Waals surface area contributed by atoms with Gasteiger partial charge in [-0.15, -0.1) is 0 Å². The number of hydrogen-bond acceptors (Lipinski definition) is 3. The predicted molar refractivity (Wildman–Crippen MR) is 55.5 cm³/mol. The molecule has 4 nitrogen and oxygen atoms in total. The summed E-state index contributed by atoms with van der Waals surface area (Å²) in [7, 11) is 0. The molecule has 0 bridgehead atoms. The molecule has 0 unspecified atom stereocenters. The van der Waals surface area contributed by atoms with Gasteiger partial charge in [0.1, 0.15) is 5.82 Å². The summed E-state index contributed by atoms with van der Waals surface area (Å²) in [6.07, 6.45) is 3.78. The summed E-state index contributed by atoms with van der Waals surface area (Å²) < 4.78 is 2.09. The van der Waals surface area contributed by atoms with Crippen LogP contribution in [-0.4, -0.2) is 16.2 Å². The minimum absolute atomic E-state index is 0.549. The summed E-state index contributed by atoms with van der Waals surface area (Å²) >= 11 is 0. The van der Waals surface area contributed by atoms with Gasteiger partial charge < -0.3 is 9.40 Å². The molecule has 1 heterocycles. The summed E-state index contributed by atoms with van der Waals surface area (Å²) in [5, 5.41) is 0. The molecule has 1 aromatic rings. The Bertz CT molecular complexity index is 258. The van der Waals surface area contributed by atoms with Gasteiger partial charge >= 0.3 is 0 Å². The molecule has 1 aromatic heterocycles. The average Bonchev–Trinajstić information content (AvgIpc) is 2.59. The largest absolute Gasteiger partial charge is 0.334 e. The SMILES string of the molecule is CCn1ccnc1CNOCC(C)C. The Kier molecular flexibility index (Phi) is 4.62. The second-order valence-electron chi connectivity index (χ2n) is 3.66. The van der Waals surface area contributed by atoms with E-state index < -0.39 is 0 Å². The molecular formula is C10H19N3O. The van der Waals surface area contributed by atoms with Crippen molar-refractivity contribution in [2.24, 2.45) is 5.92 Å². The van der Waals surface area contributed by atoms with E-state index in [0.29, 0.717) is 12.5 Å². The smallest absolute Gasteiger partial charge is 0.125 e. The van der Waals surface area contributed by atoms with Gasteiger partial charge in [-0.1, -0.05) is 13.8 Å². The number of aromatic nitrogens is 2. The van der Waals surface area contributed by atoms with E-state index in [0.717, 1.165) is 19.0 Å². The highest BCUT2D eigenvalue weighted by Crippen LogP contribution is 1.97. The van der Waals surface area contributed by atoms with Gasteiger partial charge in [-0.3, -0.25) is 0 Å². The van der Waals surface area contributed by atoms with Gasteiger partial charge in [0.2, 0.25) is 0 Å². The van der Waals surface area contributed by atoms with Crippen LogP contribution in [0, 0.1) is 5.92 Å². The van der Waals surface area contributed by atoms with Gasteiger partial charge in [-0.05, 0) is 12.8 Å². The lowest BCUT2D eigenvalue weighted by Crippen LogP contribution is -2.19. The molecule has 0 aromatic carbocycles. The van der Waals surface area contributed by atoms with Crippen LogP contribution in [0.2, 0.25) is 0 Å².